The zero-order chi connectivity index (χ0) is 14.0. The van der Waals surface area contributed by atoms with Gasteiger partial charge in [-0.15, -0.1) is 0 Å². The van der Waals surface area contributed by atoms with E-state index in [0.29, 0.717) is 22.9 Å². The van der Waals surface area contributed by atoms with Gasteiger partial charge in [-0.3, -0.25) is 0 Å². The number of nitrogen functional groups attached to an aromatic ring is 1. The van der Waals surface area contributed by atoms with Crippen LogP contribution in [0.2, 0.25) is 0 Å². The number of nitrogens with zero attached hydrogens (tertiary/aromatic N) is 2. The van der Waals surface area contributed by atoms with Crippen molar-refractivity contribution in [1.29, 1.82) is 5.26 Å². The molecular weight excluding hydrogens is 306 g/mol. The molecule has 2 N–H and O–H groups in total. The first kappa shape index (κ1) is 13.4. The van der Waals surface area contributed by atoms with Crippen LogP contribution >= 0.6 is 15.9 Å². The Morgan fingerprint density at radius 3 is 2.63 bits per heavy atom. The minimum absolute atomic E-state index is 0.369. The molecule has 0 aliphatic heterocycles. The van der Waals surface area contributed by atoms with Gasteiger partial charge in [0.15, 0.2) is 5.75 Å². The minimum atomic E-state index is 0.369. The van der Waals surface area contributed by atoms with Gasteiger partial charge in [-0.05, 0) is 37.6 Å². The normalized spacial score (nSPS) is 10.0. The van der Waals surface area contributed by atoms with Crippen LogP contribution in [0.15, 0.2) is 28.7 Å². The topological polar surface area (TPSA) is 71.9 Å². The average Bonchev–Trinajstić information content (AvgIpc) is 2.33. The molecule has 0 spiro atoms. The quantitative estimate of drug-likeness (QED) is 0.857. The first-order valence-electron chi connectivity index (χ1n) is 5.62. The molecule has 0 radical (unpaired) electrons. The zero-order valence-corrected chi connectivity index (χ0v) is 12.2. The van der Waals surface area contributed by atoms with Gasteiger partial charge in [-0.1, -0.05) is 15.9 Å². The molecule has 5 heteroatoms. The Balaban J connectivity index is 2.42. The Bertz CT molecular complexity index is 654. The molecule has 0 amide bonds. The van der Waals surface area contributed by atoms with Crippen molar-refractivity contribution in [2.45, 2.75) is 13.8 Å². The Hall–Kier alpha value is -2.06. The number of benzene rings is 1. The Labute approximate surface area is 120 Å². The van der Waals surface area contributed by atoms with Crippen molar-refractivity contribution >= 4 is 21.6 Å². The molecule has 0 aliphatic rings. The van der Waals surface area contributed by atoms with Crippen molar-refractivity contribution in [3.63, 3.8) is 0 Å². The van der Waals surface area contributed by atoms with Crippen LogP contribution in [-0.2, 0) is 0 Å². The zero-order valence-electron chi connectivity index (χ0n) is 10.6. The number of halogens is 1. The first-order chi connectivity index (χ1) is 8.99. The highest BCUT2D eigenvalue weighted by molar-refractivity contribution is 9.10. The van der Waals surface area contributed by atoms with E-state index in [9.17, 15) is 0 Å². The summed E-state index contributed by atoms with van der Waals surface area (Å²) in [6.45, 7) is 3.71. The molecule has 0 saturated carbocycles. The van der Waals surface area contributed by atoms with Crippen LogP contribution in [-0.4, -0.2) is 4.98 Å². The van der Waals surface area contributed by atoms with Gasteiger partial charge in [-0.2, -0.15) is 5.26 Å². The largest absolute Gasteiger partial charge is 0.437 e. The summed E-state index contributed by atoms with van der Waals surface area (Å²) < 4.78 is 6.60. The third-order valence-electron chi connectivity index (χ3n) is 2.53. The molecule has 0 fully saturated rings. The number of nitrogens with two attached hydrogens (primary N) is 1. The summed E-state index contributed by atoms with van der Waals surface area (Å²) in [7, 11) is 0. The number of anilines is 1. The number of rotatable bonds is 2. The maximum atomic E-state index is 8.93. The molecule has 0 aliphatic carbocycles. The summed E-state index contributed by atoms with van der Waals surface area (Å²) in [5.74, 6) is 0.930. The van der Waals surface area contributed by atoms with E-state index in [1.165, 1.54) is 0 Å². The summed E-state index contributed by atoms with van der Waals surface area (Å²) in [5, 5.41) is 8.93. The molecule has 1 aromatic heterocycles. The van der Waals surface area contributed by atoms with E-state index in [0.717, 1.165) is 15.7 Å². The molecule has 2 rings (SSSR count). The van der Waals surface area contributed by atoms with Crippen LogP contribution in [0.1, 0.15) is 16.8 Å². The van der Waals surface area contributed by atoms with Gasteiger partial charge >= 0.3 is 0 Å². The predicted molar refractivity (Wildman–Crippen MR) is 77.1 cm³/mol. The van der Waals surface area contributed by atoms with Gasteiger partial charge in [0.2, 0.25) is 5.88 Å². The third kappa shape index (κ3) is 3.04. The van der Waals surface area contributed by atoms with Gasteiger partial charge in [0.1, 0.15) is 0 Å². The number of ether oxygens (including phenoxy) is 1. The maximum Gasteiger partial charge on any atom is 0.220 e. The van der Waals surface area contributed by atoms with Crippen LogP contribution in [0.5, 0.6) is 11.6 Å². The molecule has 2 aromatic rings. The SMILES string of the molecule is Cc1cc(C#N)cc(Oc2c(C)cc(Br)cc2N)n1. The molecule has 4 nitrogen and oxygen atoms in total. The number of nitriles is 1. The van der Waals surface area contributed by atoms with Crippen LogP contribution in [0.4, 0.5) is 5.69 Å². The Kier molecular flexibility index (Phi) is 3.72. The second-order valence-corrected chi connectivity index (χ2v) is 5.11. The van der Waals surface area contributed by atoms with Crippen LogP contribution in [0.25, 0.3) is 0 Å². The minimum Gasteiger partial charge on any atom is -0.437 e. The second kappa shape index (κ2) is 5.29. The van der Waals surface area contributed by atoms with E-state index in [1.807, 2.05) is 19.9 Å². The number of hydrogen-bond acceptors (Lipinski definition) is 4. The van der Waals surface area contributed by atoms with Gasteiger partial charge in [0.05, 0.1) is 17.3 Å². The summed E-state index contributed by atoms with van der Waals surface area (Å²) in [6, 6.07) is 9.04. The summed E-state index contributed by atoms with van der Waals surface area (Å²) >= 11 is 3.37. The smallest absolute Gasteiger partial charge is 0.220 e. The van der Waals surface area contributed by atoms with E-state index in [-0.39, 0.29) is 0 Å². The molecular formula is C14H12BrN3O. The van der Waals surface area contributed by atoms with Crippen molar-refractivity contribution in [3.8, 4) is 17.7 Å². The van der Waals surface area contributed by atoms with Crippen molar-refractivity contribution < 1.29 is 4.74 Å². The monoisotopic (exact) mass is 317 g/mol. The van der Waals surface area contributed by atoms with Crippen LogP contribution < -0.4 is 10.5 Å². The number of aryl methyl sites for hydroxylation is 2. The standard InChI is InChI=1S/C14H12BrN3O/c1-8-3-11(15)6-12(17)14(8)19-13-5-10(7-16)4-9(2)18-13/h3-6H,17H2,1-2H3. The molecule has 0 atom stereocenters. The van der Waals surface area contributed by atoms with E-state index < -0.39 is 0 Å². The van der Waals surface area contributed by atoms with Crippen molar-refractivity contribution in [1.82, 2.24) is 4.98 Å². The molecule has 1 aromatic carbocycles. The highest BCUT2D eigenvalue weighted by Crippen LogP contribution is 2.33. The first-order valence-corrected chi connectivity index (χ1v) is 6.41. The lowest BCUT2D eigenvalue weighted by Gasteiger charge is -2.11. The van der Waals surface area contributed by atoms with Crippen molar-refractivity contribution in [2.75, 3.05) is 5.73 Å². The van der Waals surface area contributed by atoms with E-state index >= 15 is 0 Å². The van der Waals surface area contributed by atoms with Crippen molar-refractivity contribution in [3.05, 3.63) is 45.6 Å². The predicted octanol–water partition coefficient (Wildman–Crippen LogP) is 3.71. The maximum absolute atomic E-state index is 8.93. The van der Waals surface area contributed by atoms with E-state index in [1.54, 1.807) is 18.2 Å². The molecule has 19 heavy (non-hydrogen) atoms. The van der Waals surface area contributed by atoms with Gasteiger partial charge < -0.3 is 10.5 Å². The highest BCUT2D eigenvalue weighted by Gasteiger charge is 2.09. The lowest BCUT2D eigenvalue weighted by Crippen LogP contribution is -1.97. The fourth-order valence-electron chi connectivity index (χ4n) is 1.75. The van der Waals surface area contributed by atoms with Gasteiger partial charge in [0.25, 0.3) is 0 Å². The van der Waals surface area contributed by atoms with Crippen molar-refractivity contribution in [2.24, 2.45) is 0 Å². The second-order valence-electron chi connectivity index (χ2n) is 4.19. The molecule has 1 heterocycles. The van der Waals surface area contributed by atoms with Gasteiger partial charge in [0, 0.05) is 16.2 Å². The number of hydrogen-bond donors (Lipinski definition) is 1. The summed E-state index contributed by atoms with van der Waals surface area (Å²) in [4.78, 5) is 4.24. The lowest BCUT2D eigenvalue weighted by molar-refractivity contribution is 0.460. The van der Waals surface area contributed by atoms with Gasteiger partial charge in [-0.25, -0.2) is 4.98 Å². The van der Waals surface area contributed by atoms with Crippen LogP contribution in [0, 0.1) is 25.2 Å². The summed E-state index contributed by atoms with van der Waals surface area (Å²) in [6.07, 6.45) is 0. The molecule has 96 valence electrons. The molecule has 0 saturated heterocycles. The Morgan fingerprint density at radius 1 is 1.26 bits per heavy atom. The third-order valence-corrected chi connectivity index (χ3v) is 2.99. The highest BCUT2D eigenvalue weighted by atomic mass is 79.9. The molecule has 0 unspecified atom stereocenters. The molecule has 0 bridgehead atoms. The number of aromatic nitrogens is 1. The van der Waals surface area contributed by atoms with E-state index in [4.69, 9.17) is 15.7 Å². The fraction of sp³-hybridized carbons (Fsp3) is 0.143. The Morgan fingerprint density at radius 2 is 2.00 bits per heavy atom. The number of pyridine rings is 1. The van der Waals surface area contributed by atoms with Crippen LogP contribution in [0.3, 0.4) is 0 Å². The average molecular weight is 318 g/mol. The fourth-order valence-corrected chi connectivity index (χ4v) is 2.34. The lowest BCUT2D eigenvalue weighted by atomic mass is 10.2. The summed E-state index contributed by atoms with van der Waals surface area (Å²) in [5.41, 5.74) is 8.58. The van der Waals surface area contributed by atoms with E-state index in [2.05, 4.69) is 27.0 Å².